The Labute approximate surface area is 173 Å². The minimum Gasteiger partial charge on any atom is -0.495 e. The van der Waals surface area contributed by atoms with Crippen molar-refractivity contribution in [3.05, 3.63) is 53.3 Å². The number of hydrogen-bond acceptors (Lipinski definition) is 7. The number of amides is 1. The Bertz CT molecular complexity index is 1120. The van der Waals surface area contributed by atoms with E-state index in [0.29, 0.717) is 23.6 Å². The predicted octanol–water partition coefficient (Wildman–Crippen LogP) is 0.868. The molecular formula is C19H21N5O5S. The second-order valence-corrected chi connectivity index (χ2v) is 9.18. The van der Waals surface area contributed by atoms with Gasteiger partial charge in [-0.25, -0.2) is 17.7 Å². The Kier molecular flexibility index (Phi) is 4.86. The molecule has 2 aliphatic rings. The lowest BCUT2D eigenvalue weighted by atomic mass is 9.86. The third kappa shape index (κ3) is 3.46. The van der Waals surface area contributed by atoms with Crippen LogP contribution in [0.4, 0.5) is 5.69 Å². The Hall–Kier alpha value is -3.18. The van der Waals surface area contributed by atoms with Gasteiger partial charge in [0.25, 0.3) is 5.91 Å². The molecule has 0 bridgehead atoms. The number of nitrogens with zero attached hydrogens (tertiary/aromatic N) is 2. The Morgan fingerprint density at radius 1 is 1.37 bits per heavy atom. The zero-order valence-corrected chi connectivity index (χ0v) is 17.2. The standard InChI is InChI=1S/C19H21N5O5S/c1-24-18(20)23-19(11-30(24,26)27)10-29-9-12-3-4-13(7-15(12)19)22-17(25)16-6-5-14(28-2)8-21-16/h3-8H,9-11H2,1-2H3,(H2,20,23)(H,22,25)/t19-/m0/s1. The third-order valence-corrected chi connectivity index (χ3v) is 7.09. The summed E-state index contributed by atoms with van der Waals surface area (Å²) in [6.07, 6.45) is 1.45. The number of sulfonamides is 1. The highest BCUT2D eigenvalue weighted by molar-refractivity contribution is 7.89. The molecule has 4 rings (SSSR count). The molecule has 1 aromatic carbocycles. The van der Waals surface area contributed by atoms with Gasteiger partial charge < -0.3 is 20.1 Å². The predicted molar refractivity (Wildman–Crippen MR) is 109 cm³/mol. The molecule has 2 aliphatic heterocycles. The highest BCUT2D eigenvalue weighted by Crippen LogP contribution is 2.36. The van der Waals surface area contributed by atoms with Gasteiger partial charge in [-0.1, -0.05) is 6.07 Å². The van der Waals surface area contributed by atoms with Crippen LogP contribution in [0.3, 0.4) is 0 Å². The summed E-state index contributed by atoms with van der Waals surface area (Å²) < 4.78 is 36.7. The maximum Gasteiger partial charge on any atom is 0.274 e. The summed E-state index contributed by atoms with van der Waals surface area (Å²) in [6, 6.07) is 8.41. The van der Waals surface area contributed by atoms with Gasteiger partial charge in [0.1, 0.15) is 17.0 Å². The first-order chi connectivity index (χ1) is 14.2. The molecule has 158 valence electrons. The van der Waals surface area contributed by atoms with E-state index in [0.717, 1.165) is 9.87 Å². The fourth-order valence-electron chi connectivity index (χ4n) is 3.58. The number of carbonyl (C=O) groups is 1. The summed E-state index contributed by atoms with van der Waals surface area (Å²) >= 11 is 0. The number of rotatable bonds is 3. The van der Waals surface area contributed by atoms with Gasteiger partial charge in [-0.15, -0.1) is 0 Å². The molecule has 1 spiro atoms. The molecule has 0 unspecified atom stereocenters. The molecule has 1 saturated heterocycles. The Balaban J connectivity index is 1.65. The van der Waals surface area contributed by atoms with E-state index in [9.17, 15) is 13.2 Å². The van der Waals surface area contributed by atoms with Gasteiger partial charge in [0.05, 0.1) is 32.3 Å². The van der Waals surface area contributed by atoms with Crippen molar-refractivity contribution in [2.45, 2.75) is 12.1 Å². The normalized spacial score (nSPS) is 22.2. The molecule has 10 nitrogen and oxygen atoms in total. The molecule has 1 fully saturated rings. The largest absolute Gasteiger partial charge is 0.495 e. The van der Waals surface area contributed by atoms with Gasteiger partial charge in [0.2, 0.25) is 16.0 Å². The topological polar surface area (TPSA) is 134 Å². The van der Waals surface area contributed by atoms with Crippen LogP contribution in [0.5, 0.6) is 5.75 Å². The fourth-order valence-corrected chi connectivity index (χ4v) is 5.03. The average Bonchev–Trinajstić information content (AvgIpc) is 2.72. The minimum atomic E-state index is -3.69. The first-order valence-electron chi connectivity index (χ1n) is 9.10. The quantitative estimate of drug-likeness (QED) is 0.656. The van der Waals surface area contributed by atoms with Crippen LogP contribution in [0.15, 0.2) is 36.5 Å². The zero-order valence-electron chi connectivity index (χ0n) is 16.4. The van der Waals surface area contributed by atoms with Crippen LogP contribution in [-0.2, 0) is 26.9 Å². The summed E-state index contributed by atoms with van der Waals surface area (Å²) in [5.41, 5.74) is 1.07. The van der Waals surface area contributed by atoms with Gasteiger partial charge in [-0.2, -0.15) is 0 Å². The molecule has 11 heteroatoms. The molecule has 3 heterocycles. The van der Waals surface area contributed by atoms with Gasteiger partial charge in [0, 0.05) is 12.7 Å². The highest BCUT2D eigenvalue weighted by Gasteiger charge is 2.48. The van der Waals surface area contributed by atoms with Crippen molar-refractivity contribution in [2.75, 3.05) is 31.8 Å². The number of nitrogens with one attached hydrogen (secondary N) is 3. The lowest BCUT2D eigenvalue weighted by Gasteiger charge is -2.45. The van der Waals surface area contributed by atoms with E-state index in [2.05, 4.69) is 15.6 Å². The van der Waals surface area contributed by atoms with Crippen molar-refractivity contribution in [3.8, 4) is 5.75 Å². The van der Waals surface area contributed by atoms with Crippen molar-refractivity contribution < 1.29 is 22.7 Å². The molecule has 0 aliphatic carbocycles. The van der Waals surface area contributed by atoms with E-state index in [4.69, 9.17) is 14.9 Å². The number of ether oxygens (including phenoxy) is 2. The molecule has 1 amide bonds. The van der Waals surface area contributed by atoms with E-state index in [1.54, 1.807) is 30.3 Å². The van der Waals surface area contributed by atoms with Crippen molar-refractivity contribution in [1.82, 2.24) is 14.6 Å². The molecule has 0 saturated carbocycles. The summed E-state index contributed by atoms with van der Waals surface area (Å²) in [4.78, 5) is 16.6. The molecule has 2 aromatic rings. The van der Waals surface area contributed by atoms with Crippen molar-refractivity contribution in [2.24, 2.45) is 0 Å². The number of benzene rings is 1. The third-order valence-electron chi connectivity index (χ3n) is 5.21. The molecule has 0 radical (unpaired) electrons. The number of carbonyl (C=O) groups excluding carboxylic acids is 1. The first kappa shape index (κ1) is 20.1. The van der Waals surface area contributed by atoms with Crippen LogP contribution < -0.4 is 15.4 Å². The molecule has 1 atom stereocenters. The number of anilines is 1. The summed E-state index contributed by atoms with van der Waals surface area (Å²) in [5, 5.41) is 13.8. The first-order valence-corrected chi connectivity index (χ1v) is 10.7. The summed E-state index contributed by atoms with van der Waals surface area (Å²) in [7, 11) is -0.842. The minimum absolute atomic E-state index is 0.0902. The zero-order chi connectivity index (χ0) is 21.5. The number of methoxy groups -OCH3 is 1. The molecule has 1 aromatic heterocycles. The van der Waals surface area contributed by atoms with E-state index in [1.165, 1.54) is 20.4 Å². The van der Waals surface area contributed by atoms with E-state index in [1.807, 2.05) is 0 Å². The van der Waals surface area contributed by atoms with Crippen LogP contribution in [0, 0.1) is 5.41 Å². The Morgan fingerprint density at radius 2 is 2.17 bits per heavy atom. The number of pyridine rings is 1. The van der Waals surface area contributed by atoms with E-state index >= 15 is 0 Å². The van der Waals surface area contributed by atoms with E-state index < -0.39 is 21.5 Å². The number of aromatic nitrogens is 1. The SMILES string of the molecule is COc1ccc(C(=O)Nc2ccc3c(c2)[C@]2(COC3)CS(=O)(=O)N(C)C(=N)N2)nc1. The van der Waals surface area contributed by atoms with Crippen LogP contribution in [0.1, 0.15) is 21.6 Å². The highest BCUT2D eigenvalue weighted by atomic mass is 32.2. The van der Waals surface area contributed by atoms with Crippen LogP contribution in [0.2, 0.25) is 0 Å². The summed E-state index contributed by atoms with van der Waals surface area (Å²) in [6.45, 7) is 0.406. The maximum atomic E-state index is 12.6. The lowest BCUT2D eigenvalue weighted by Crippen LogP contribution is -2.65. The lowest BCUT2D eigenvalue weighted by molar-refractivity contribution is 0.0502. The molecular weight excluding hydrogens is 410 g/mol. The monoisotopic (exact) mass is 431 g/mol. The second-order valence-electron chi connectivity index (χ2n) is 7.18. The second kappa shape index (κ2) is 7.26. The molecule has 30 heavy (non-hydrogen) atoms. The van der Waals surface area contributed by atoms with Gasteiger partial charge >= 0.3 is 0 Å². The van der Waals surface area contributed by atoms with Crippen LogP contribution >= 0.6 is 0 Å². The summed E-state index contributed by atoms with van der Waals surface area (Å²) in [5.74, 6) is -0.354. The van der Waals surface area contributed by atoms with Gasteiger partial charge in [-0.3, -0.25) is 10.2 Å². The van der Waals surface area contributed by atoms with E-state index in [-0.39, 0.29) is 24.0 Å². The average molecular weight is 431 g/mol. The van der Waals surface area contributed by atoms with Gasteiger partial charge in [0.15, 0.2) is 0 Å². The molecule has 3 N–H and O–H groups in total. The smallest absolute Gasteiger partial charge is 0.274 e. The van der Waals surface area contributed by atoms with Crippen LogP contribution in [-0.4, -0.2) is 56.1 Å². The van der Waals surface area contributed by atoms with Gasteiger partial charge in [-0.05, 0) is 35.4 Å². The van der Waals surface area contributed by atoms with Crippen molar-refractivity contribution >= 4 is 27.6 Å². The fraction of sp³-hybridized carbons (Fsp3) is 0.316. The number of guanidine groups is 1. The Morgan fingerprint density at radius 3 is 2.83 bits per heavy atom. The van der Waals surface area contributed by atoms with Crippen molar-refractivity contribution in [3.63, 3.8) is 0 Å². The van der Waals surface area contributed by atoms with Crippen LogP contribution in [0.25, 0.3) is 0 Å². The number of hydrogen-bond donors (Lipinski definition) is 3. The number of fused-ring (bicyclic) bond motifs is 2. The van der Waals surface area contributed by atoms with Crippen molar-refractivity contribution in [1.29, 1.82) is 5.41 Å². The maximum absolute atomic E-state index is 12.6.